The first kappa shape index (κ1) is 19.0. The molecule has 2 N–H and O–H groups in total. The van der Waals surface area contributed by atoms with E-state index in [2.05, 4.69) is 21.9 Å². The lowest BCUT2D eigenvalue weighted by molar-refractivity contribution is -0.121. The molecule has 0 bridgehead atoms. The molecular weight excluding hydrogens is 350 g/mol. The van der Waals surface area contributed by atoms with E-state index in [4.69, 9.17) is 0 Å². The minimum Gasteiger partial charge on any atom is -0.362 e. The number of benzene rings is 1. The molecule has 1 aromatic carbocycles. The first-order valence-electron chi connectivity index (χ1n) is 9.47. The lowest BCUT2D eigenvalue weighted by Crippen LogP contribution is -2.46. The zero-order chi connectivity index (χ0) is 18.7. The van der Waals surface area contributed by atoms with E-state index in [1.807, 2.05) is 12.1 Å². The molecule has 1 amide bonds. The van der Waals surface area contributed by atoms with E-state index in [1.165, 1.54) is 19.3 Å². The van der Waals surface area contributed by atoms with E-state index in [1.54, 1.807) is 6.07 Å². The number of fused-ring (bicyclic) bond motifs is 1. The number of sulfonamides is 1. The fourth-order valence-electron chi connectivity index (χ4n) is 4.12. The van der Waals surface area contributed by atoms with Crippen molar-refractivity contribution in [3.63, 3.8) is 0 Å². The highest BCUT2D eigenvalue weighted by atomic mass is 32.2. The van der Waals surface area contributed by atoms with E-state index >= 15 is 0 Å². The van der Waals surface area contributed by atoms with E-state index in [9.17, 15) is 13.2 Å². The highest BCUT2D eigenvalue weighted by Crippen LogP contribution is 2.33. The van der Waals surface area contributed by atoms with Crippen LogP contribution in [0.5, 0.6) is 0 Å². The highest BCUT2D eigenvalue weighted by Gasteiger charge is 2.26. The number of hydrogen-bond donors (Lipinski definition) is 2. The summed E-state index contributed by atoms with van der Waals surface area (Å²) in [5, 5.41) is 3.21. The van der Waals surface area contributed by atoms with Gasteiger partial charge in [-0.1, -0.05) is 25.8 Å². The Balaban J connectivity index is 1.71. The van der Waals surface area contributed by atoms with Crippen LogP contribution in [0.1, 0.15) is 44.6 Å². The average molecular weight is 380 g/mol. The fourth-order valence-corrected chi connectivity index (χ4v) is 4.71. The number of carbonyl (C=O) groups is 1. The molecule has 3 rings (SSSR count). The van der Waals surface area contributed by atoms with Crippen LogP contribution in [-0.2, 0) is 21.2 Å². The van der Waals surface area contributed by atoms with Crippen LogP contribution in [0.15, 0.2) is 18.2 Å². The van der Waals surface area contributed by atoms with Crippen molar-refractivity contribution in [2.24, 2.45) is 5.92 Å². The Bertz CT molecular complexity index is 763. The summed E-state index contributed by atoms with van der Waals surface area (Å²) >= 11 is 0. The van der Waals surface area contributed by atoms with Crippen LogP contribution in [-0.4, -0.2) is 39.7 Å². The molecule has 0 spiro atoms. The molecule has 0 saturated heterocycles. The molecule has 2 unspecified atom stereocenters. The monoisotopic (exact) mass is 379 g/mol. The van der Waals surface area contributed by atoms with Gasteiger partial charge in [-0.05, 0) is 49.3 Å². The van der Waals surface area contributed by atoms with Gasteiger partial charge >= 0.3 is 0 Å². The second kappa shape index (κ2) is 7.86. The Kier molecular flexibility index (Phi) is 5.75. The molecule has 1 aromatic rings. The van der Waals surface area contributed by atoms with Crippen molar-refractivity contribution >= 4 is 27.3 Å². The van der Waals surface area contributed by atoms with Crippen molar-refractivity contribution in [2.75, 3.05) is 29.0 Å². The lowest BCUT2D eigenvalue weighted by atomic mass is 9.86. The smallest absolute Gasteiger partial charge is 0.239 e. The first-order chi connectivity index (χ1) is 12.3. The van der Waals surface area contributed by atoms with Gasteiger partial charge in [0.2, 0.25) is 15.9 Å². The maximum Gasteiger partial charge on any atom is 0.239 e. The zero-order valence-electron chi connectivity index (χ0n) is 15.6. The van der Waals surface area contributed by atoms with Gasteiger partial charge in [-0.15, -0.1) is 0 Å². The lowest BCUT2D eigenvalue weighted by Gasteiger charge is -2.34. The SMILES string of the molecule is CC1CCCCC1NC(=O)CN1CCCc2c(NS(C)(=O)=O)cccc21. The Morgan fingerprint density at radius 1 is 1.23 bits per heavy atom. The second-order valence-electron chi connectivity index (χ2n) is 7.64. The largest absolute Gasteiger partial charge is 0.362 e. The van der Waals surface area contributed by atoms with Crippen LogP contribution >= 0.6 is 0 Å². The Hall–Kier alpha value is -1.76. The van der Waals surface area contributed by atoms with Gasteiger partial charge in [0.15, 0.2) is 0 Å². The molecule has 26 heavy (non-hydrogen) atoms. The van der Waals surface area contributed by atoms with Gasteiger partial charge in [-0.25, -0.2) is 8.42 Å². The second-order valence-corrected chi connectivity index (χ2v) is 9.39. The van der Waals surface area contributed by atoms with Crippen LogP contribution in [0.2, 0.25) is 0 Å². The highest BCUT2D eigenvalue weighted by molar-refractivity contribution is 7.92. The number of carbonyl (C=O) groups excluding carboxylic acids is 1. The van der Waals surface area contributed by atoms with Crippen molar-refractivity contribution < 1.29 is 13.2 Å². The molecule has 1 aliphatic heterocycles. The molecule has 1 aliphatic carbocycles. The van der Waals surface area contributed by atoms with Gasteiger partial charge in [0.05, 0.1) is 18.5 Å². The maximum atomic E-state index is 12.6. The third-order valence-electron chi connectivity index (χ3n) is 5.43. The number of amides is 1. The van der Waals surface area contributed by atoms with Crippen molar-refractivity contribution in [1.29, 1.82) is 0 Å². The van der Waals surface area contributed by atoms with Crippen LogP contribution in [0.25, 0.3) is 0 Å². The Morgan fingerprint density at radius 2 is 2.00 bits per heavy atom. The maximum absolute atomic E-state index is 12.6. The van der Waals surface area contributed by atoms with Gasteiger partial charge in [-0.2, -0.15) is 0 Å². The topological polar surface area (TPSA) is 78.5 Å². The molecule has 1 fully saturated rings. The number of hydrogen-bond acceptors (Lipinski definition) is 4. The predicted octanol–water partition coefficient (Wildman–Crippen LogP) is 2.51. The molecule has 2 aliphatic rings. The van der Waals surface area contributed by atoms with Gasteiger partial charge < -0.3 is 10.2 Å². The Morgan fingerprint density at radius 3 is 2.73 bits per heavy atom. The van der Waals surface area contributed by atoms with Crippen LogP contribution < -0.4 is 14.9 Å². The summed E-state index contributed by atoms with van der Waals surface area (Å²) in [5.74, 6) is 0.588. The number of nitrogens with one attached hydrogen (secondary N) is 2. The molecular formula is C19H29N3O3S. The van der Waals surface area contributed by atoms with Crippen molar-refractivity contribution in [1.82, 2.24) is 5.32 Å². The van der Waals surface area contributed by atoms with Gasteiger partial charge in [0.1, 0.15) is 0 Å². The first-order valence-corrected chi connectivity index (χ1v) is 11.4. The summed E-state index contributed by atoms with van der Waals surface area (Å²) in [4.78, 5) is 14.6. The van der Waals surface area contributed by atoms with Crippen molar-refractivity contribution in [2.45, 2.75) is 51.5 Å². The van der Waals surface area contributed by atoms with E-state index < -0.39 is 10.0 Å². The molecule has 2 atom stereocenters. The fraction of sp³-hybridized carbons (Fsp3) is 0.632. The average Bonchev–Trinajstić information content (AvgIpc) is 2.56. The van der Waals surface area contributed by atoms with E-state index in [0.29, 0.717) is 18.2 Å². The quantitative estimate of drug-likeness (QED) is 0.824. The predicted molar refractivity (Wildman–Crippen MR) is 105 cm³/mol. The third kappa shape index (κ3) is 4.69. The number of rotatable bonds is 5. The Labute approximate surface area is 156 Å². The summed E-state index contributed by atoms with van der Waals surface area (Å²) in [5.41, 5.74) is 2.55. The van der Waals surface area contributed by atoms with Crippen molar-refractivity contribution in [3.05, 3.63) is 23.8 Å². The molecule has 7 heteroatoms. The zero-order valence-corrected chi connectivity index (χ0v) is 16.4. The van der Waals surface area contributed by atoms with Gasteiger partial charge in [0.25, 0.3) is 0 Å². The van der Waals surface area contributed by atoms with Crippen LogP contribution in [0.4, 0.5) is 11.4 Å². The molecule has 144 valence electrons. The van der Waals surface area contributed by atoms with Crippen molar-refractivity contribution in [3.8, 4) is 0 Å². The normalized spacial score (nSPS) is 23.2. The van der Waals surface area contributed by atoms with Crippen LogP contribution in [0, 0.1) is 5.92 Å². The van der Waals surface area contributed by atoms with E-state index in [-0.39, 0.29) is 11.9 Å². The van der Waals surface area contributed by atoms with Gasteiger partial charge in [0, 0.05) is 18.3 Å². The van der Waals surface area contributed by atoms with E-state index in [0.717, 1.165) is 43.3 Å². The molecule has 6 nitrogen and oxygen atoms in total. The summed E-state index contributed by atoms with van der Waals surface area (Å²) in [6.45, 7) is 3.34. The van der Waals surface area contributed by atoms with Gasteiger partial charge in [-0.3, -0.25) is 9.52 Å². The molecule has 1 heterocycles. The summed E-state index contributed by atoms with van der Waals surface area (Å²) in [6, 6.07) is 5.87. The standard InChI is InChI=1S/C19H29N3O3S/c1-14-7-3-4-9-16(14)20-19(23)13-22-12-6-8-15-17(21-26(2,24)25)10-5-11-18(15)22/h5,10-11,14,16,21H,3-4,6-9,12-13H2,1-2H3,(H,20,23). The summed E-state index contributed by atoms with van der Waals surface area (Å²) in [6.07, 6.45) is 7.55. The molecule has 1 saturated carbocycles. The summed E-state index contributed by atoms with van der Waals surface area (Å²) < 4.78 is 25.8. The minimum atomic E-state index is -3.32. The molecule has 0 radical (unpaired) electrons. The number of anilines is 2. The molecule has 0 aromatic heterocycles. The number of nitrogens with zero attached hydrogens (tertiary/aromatic N) is 1. The van der Waals surface area contributed by atoms with Crippen LogP contribution in [0.3, 0.4) is 0 Å². The summed E-state index contributed by atoms with van der Waals surface area (Å²) in [7, 11) is -3.32. The minimum absolute atomic E-state index is 0.0538. The third-order valence-corrected chi connectivity index (χ3v) is 6.03.